The molecule has 0 saturated carbocycles. The van der Waals surface area contributed by atoms with Crippen LogP contribution in [0.25, 0.3) is 0 Å². The highest BCUT2D eigenvalue weighted by atomic mass is 16.7. The third kappa shape index (κ3) is 0.899. The predicted molar refractivity (Wildman–Crippen MR) is 25.2 cm³/mol. The van der Waals surface area contributed by atoms with Gasteiger partial charge in [0.2, 0.25) is 0 Å². The Labute approximate surface area is 41.9 Å². The molecule has 0 aromatic heterocycles. The van der Waals surface area contributed by atoms with Gasteiger partial charge in [-0.15, -0.1) is 5.16 Å². The SMILES string of the molecule is C=NOC1COC1. The van der Waals surface area contributed by atoms with Gasteiger partial charge in [-0.05, 0) is 0 Å². The van der Waals surface area contributed by atoms with E-state index < -0.39 is 0 Å². The van der Waals surface area contributed by atoms with Crippen molar-refractivity contribution >= 4 is 6.72 Å². The second kappa shape index (κ2) is 1.93. The van der Waals surface area contributed by atoms with Gasteiger partial charge in [0.25, 0.3) is 0 Å². The van der Waals surface area contributed by atoms with E-state index in [1.807, 2.05) is 0 Å². The van der Waals surface area contributed by atoms with Crippen LogP contribution in [0.15, 0.2) is 5.16 Å². The number of rotatable bonds is 2. The maximum atomic E-state index is 4.77. The maximum absolute atomic E-state index is 4.77. The minimum absolute atomic E-state index is 0.178. The molecule has 0 unspecified atom stereocenters. The van der Waals surface area contributed by atoms with Gasteiger partial charge in [0.05, 0.1) is 13.2 Å². The van der Waals surface area contributed by atoms with Crippen LogP contribution in [-0.2, 0) is 9.57 Å². The van der Waals surface area contributed by atoms with Crippen molar-refractivity contribution in [3.05, 3.63) is 0 Å². The fraction of sp³-hybridized carbons (Fsp3) is 0.750. The molecule has 3 nitrogen and oxygen atoms in total. The summed E-state index contributed by atoms with van der Waals surface area (Å²) in [7, 11) is 0. The summed E-state index contributed by atoms with van der Waals surface area (Å²) in [6, 6.07) is 0. The highest BCUT2D eigenvalue weighted by molar-refractivity contribution is 5.21. The van der Waals surface area contributed by atoms with Crippen LogP contribution >= 0.6 is 0 Å². The van der Waals surface area contributed by atoms with Gasteiger partial charge in [-0.25, -0.2) is 0 Å². The minimum atomic E-state index is 0.178. The van der Waals surface area contributed by atoms with Crippen LogP contribution in [0.5, 0.6) is 0 Å². The normalized spacial score (nSPS) is 20.6. The van der Waals surface area contributed by atoms with Gasteiger partial charge in [-0.3, -0.25) is 0 Å². The van der Waals surface area contributed by atoms with Gasteiger partial charge in [0.15, 0.2) is 6.10 Å². The largest absolute Gasteiger partial charge is 0.388 e. The number of hydrogen-bond acceptors (Lipinski definition) is 3. The second-order valence-corrected chi connectivity index (χ2v) is 1.39. The average Bonchev–Trinajstić information content (AvgIpc) is 1.55. The van der Waals surface area contributed by atoms with E-state index in [4.69, 9.17) is 4.74 Å². The summed E-state index contributed by atoms with van der Waals surface area (Å²) in [5.41, 5.74) is 0. The third-order valence-corrected chi connectivity index (χ3v) is 0.831. The summed E-state index contributed by atoms with van der Waals surface area (Å²) >= 11 is 0. The van der Waals surface area contributed by atoms with Gasteiger partial charge in [-0.2, -0.15) is 0 Å². The fourth-order valence-corrected chi connectivity index (χ4v) is 0.380. The van der Waals surface area contributed by atoms with Crippen molar-refractivity contribution < 1.29 is 9.57 Å². The molecule has 0 amide bonds. The standard InChI is InChI=1S/C4H7NO2/c1-5-7-4-2-6-3-4/h4H,1-3H2. The van der Waals surface area contributed by atoms with Crippen LogP contribution in [0.1, 0.15) is 0 Å². The monoisotopic (exact) mass is 101 g/mol. The minimum Gasteiger partial charge on any atom is -0.388 e. The van der Waals surface area contributed by atoms with Gasteiger partial charge in [-0.1, -0.05) is 0 Å². The van der Waals surface area contributed by atoms with E-state index in [1.54, 1.807) is 0 Å². The van der Waals surface area contributed by atoms with E-state index in [0.29, 0.717) is 13.2 Å². The van der Waals surface area contributed by atoms with Crippen molar-refractivity contribution in [2.75, 3.05) is 13.2 Å². The van der Waals surface area contributed by atoms with Gasteiger partial charge in [0, 0.05) is 6.72 Å². The van der Waals surface area contributed by atoms with Crippen LogP contribution in [0.3, 0.4) is 0 Å². The summed E-state index contributed by atoms with van der Waals surface area (Å²) < 4.78 is 4.77. The molecule has 1 rings (SSSR count). The second-order valence-electron chi connectivity index (χ2n) is 1.39. The van der Waals surface area contributed by atoms with E-state index in [9.17, 15) is 0 Å². The van der Waals surface area contributed by atoms with Crippen LogP contribution in [-0.4, -0.2) is 26.0 Å². The summed E-state index contributed by atoms with van der Waals surface area (Å²) in [6.07, 6.45) is 0.178. The summed E-state index contributed by atoms with van der Waals surface area (Å²) in [6.45, 7) is 4.49. The Kier molecular flexibility index (Phi) is 1.26. The molecule has 0 aromatic carbocycles. The molecule has 0 atom stereocenters. The third-order valence-electron chi connectivity index (χ3n) is 0.831. The molecule has 0 spiro atoms. The lowest BCUT2D eigenvalue weighted by Crippen LogP contribution is -2.34. The number of hydrogen-bond donors (Lipinski definition) is 0. The highest BCUT2D eigenvalue weighted by Gasteiger charge is 2.18. The molecule has 0 aromatic rings. The fourth-order valence-electron chi connectivity index (χ4n) is 0.380. The Balaban J connectivity index is 2.03. The molecular formula is C4H7NO2. The molecule has 0 radical (unpaired) electrons. The first-order valence-corrected chi connectivity index (χ1v) is 2.13. The topological polar surface area (TPSA) is 30.8 Å². The number of nitrogens with zero attached hydrogens (tertiary/aromatic N) is 1. The zero-order valence-corrected chi connectivity index (χ0v) is 3.96. The first kappa shape index (κ1) is 4.59. The van der Waals surface area contributed by atoms with Crippen molar-refractivity contribution in [2.24, 2.45) is 5.16 Å². The first-order valence-electron chi connectivity index (χ1n) is 2.13. The Hall–Kier alpha value is -0.570. The van der Waals surface area contributed by atoms with Gasteiger partial charge in [0.1, 0.15) is 0 Å². The molecule has 1 aliphatic rings. The summed E-state index contributed by atoms with van der Waals surface area (Å²) in [5.74, 6) is 0. The van der Waals surface area contributed by atoms with Crippen molar-refractivity contribution in [3.8, 4) is 0 Å². The average molecular weight is 101 g/mol. The summed E-state index contributed by atoms with van der Waals surface area (Å²) in [5, 5.41) is 3.23. The van der Waals surface area contributed by atoms with Crippen LogP contribution in [0.4, 0.5) is 0 Å². The molecule has 7 heavy (non-hydrogen) atoms. The molecule has 1 fully saturated rings. The van der Waals surface area contributed by atoms with E-state index >= 15 is 0 Å². The Morgan fingerprint density at radius 2 is 2.43 bits per heavy atom. The van der Waals surface area contributed by atoms with Gasteiger partial charge >= 0.3 is 0 Å². The van der Waals surface area contributed by atoms with Crippen molar-refractivity contribution in [1.29, 1.82) is 0 Å². The molecule has 0 bridgehead atoms. The van der Waals surface area contributed by atoms with E-state index in [2.05, 4.69) is 16.7 Å². The Morgan fingerprint density at radius 3 is 2.57 bits per heavy atom. The lowest BCUT2D eigenvalue weighted by molar-refractivity contribution is -0.128. The zero-order valence-electron chi connectivity index (χ0n) is 3.96. The van der Waals surface area contributed by atoms with Crippen LogP contribution < -0.4 is 0 Å². The lowest BCUT2D eigenvalue weighted by Gasteiger charge is -2.22. The molecule has 40 valence electrons. The highest BCUT2D eigenvalue weighted by Crippen LogP contribution is 2.03. The predicted octanol–water partition coefficient (Wildman–Crippen LogP) is 0.0174. The molecule has 1 saturated heterocycles. The van der Waals surface area contributed by atoms with Crippen molar-refractivity contribution in [3.63, 3.8) is 0 Å². The molecule has 1 aliphatic heterocycles. The first-order chi connectivity index (χ1) is 3.43. The molecule has 0 N–H and O–H groups in total. The summed E-state index contributed by atoms with van der Waals surface area (Å²) in [4.78, 5) is 4.67. The maximum Gasteiger partial charge on any atom is 0.173 e. The smallest absolute Gasteiger partial charge is 0.173 e. The zero-order chi connectivity index (χ0) is 5.11. The van der Waals surface area contributed by atoms with Crippen molar-refractivity contribution in [2.45, 2.75) is 6.10 Å². The molecule has 1 heterocycles. The molecular weight excluding hydrogens is 94.0 g/mol. The molecule has 3 heteroatoms. The lowest BCUT2D eigenvalue weighted by atomic mass is 10.3. The van der Waals surface area contributed by atoms with Crippen molar-refractivity contribution in [1.82, 2.24) is 0 Å². The molecule has 0 aliphatic carbocycles. The van der Waals surface area contributed by atoms with Crippen LogP contribution in [0, 0.1) is 0 Å². The number of oxime groups is 1. The van der Waals surface area contributed by atoms with E-state index in [0.717, 1.165) is 0 Å². The van der Waals surface area contributed by atoms with Gasteiger partial charge < -0.3 is 9.57 Å². The van der Waals surface area contributed by atoms with E-state index in [1.165, 1.54) is 0 Å². The Morgan fingerprint density at radius 1 is 1.71 bits per heavy atom. The van der Waals surface area contributed by atoms with E-state index in [-0.39, 0.29) is 6.10 Å². The van der Waals surface area contributed by atoms with Crippen LogP contribution in [0.2, 0.25) is 0 Å². The number of ether oxygens (including phenoxy) is 1. The Bertz CT molecular complexity index is 70.1. The quantitative estimate of drug-likeness (QED) is 0.362.